The lowest BCUT2D eigenvalue weighted by molar-refractivity contribution is 0.0730. The Morgan fingerprint density at radius 3 is 2.84 bits per heavy atom. The van der Waals surface area contributed by atoms with Gasteiger partial charge in [0.25, 0.3) is 5.91 Å². The summed E-state index contributed by atoms with van der Waals surface area (Å²) in [4.78, 5) is 17.5. The number of H-pyrrole nitrogens is 1. The van der Waals surface area contributed by atoms with Gasteiger partial charge in [-0.15, -0.1) is 6.42 Å². The number of fused-ring (bicyclic) bond motifs is 1. The van der Waals surface area contributed by atoms with Crippen molar-refractivity contribution < 1.29 is 4.79 Å². The van der Waals surface area contributed by atoms with E-state index in [1.54, 1.807) is 0 Å². The van der Waals surface area contributed by atoms with E-state index in [4.69, 9.17) is 6.42 Å². The third-order valence-electron chi connectivity index (χ3n) is 3.73. The molecule has 1 aliphatic heterocycles. The summed E-state index contributed by atoms with van der Waals surface area (Å²) in [6.07, 6.45) is 9.21. The lowest BCUT2D eigenvalue weighted by atomic mass is 9.98. The fourth-order valence-corrected chi connectivity index (χ4v) is 2.64. The summed E-state index contributed by atoms with van der Waals surface area (Å²) in [6.45, 7) is 3.28. The number of aromatic nitrogens is 1. The second kappa shape index (κ2) is 4.94. The Kier molecular flexibility index (Phi) is 3.14. The number of rotatable bonds is 1. The van der Waals surface area contributed by atoms with Crippen LogP contribution in [0.3, 0.4) is 0 Å². The molecule has 19 heavy (non-hydrogen) atoms. The minimum Gasteiger partial charge on any atom is -0.354 e. The highest BCUT2D eigenvalue weighted by Gasteiger charge is 2.21. The van der Waals surface area contributed by atoms with Crippen molar-refractivity contribution in [2.45, 2.75) is 12.8 Å². The zero-order valence-corrected chi connectivity index (χ0v) is 10.8. The van der Waals surface area contributed by atoms with Crippen LogP contribution in [0, 0.1) is 12.3 Å². The summed E-state index contributed by atoms with van der Waals surface area (Å²) in [5.41, 5.74) is 3.88. The van der Waals surface area contributed by atoms with Crippen LogP contribution < -0.4 is 5.32 Å². The number of carbonyl (C=O) groups excluding carboxylic acids is 1. The van der Waals surface area contributed by atoms with Gasteiger partial charge < -0.3 is 15.2 Å². The van der Waals surface area contributed by atoms with Gasteiger partial charge in [0, 0.05) is 37.4 Å². The molecule has 1 aliphatic carbocycles. The summed E-state index contributed by atoms with van der Waals surface area (Å²) in [5, 5.41) is 3.25. The first-order valence-corrected chi connectivity index (χ1v) is 6.67. The SMILES string of the molecule is C#CC1=Cc2cc(C(=O)N3CCNCC3)[nH]c2CC1. The van der Waals surface area contributed by atoms with Crippen LogP contribution in [0.25, 0.3) is 6.08 Å². The predicted octanol–water partition coefficient (Wildman–Crippen LogP) is 1.02. The Balaban J connectivity index is 1.83. The van der Waals surface area contributed by atoms with Crippen molar-refractivity contribution in [2.75, 3.05) is 26.2 Å². The smallest absolute Gasteiger partial charge is 0.270 e. The van der Waals surface area contributed by atoms with Crippen LogP contribution in [0.4, 0.5) is 0 Å². The molecule has 4 heteroatoms. The number of allylic oxidation sites excluding steroid dienone is 1. The Morgan fingerprint density at radius 1 is 1.32 bits per heavy atom. The van der Waals surface area contributed by atoms with Crippen LogP contribution in [-0.2, 0) is 6.42 Å². The number of nitrogens with one attached hydrogen (secondary N) is 2. The topological polar surface area (TPSA) is 48.1 Å². The molecule has 1 aromatic rings. The second-order valence-corrected chi connectivity index (χ2v) is 4.97. The predicted molar refractivity (Wildman–Crippen MR) is 74.7 cm³/mol. The first-order chi connectivity index (χ1) is 9.28. The fourth-order valence-electron chi connectivity index (χ4n) is 2.64. The van der Waals surface area contributed by atoms with Gasteiger partial charge >= 0.3 is 0 Å². The minimum atomic E-state index is 0.0894. The molecule has 2 heterocycles. The molecule has 1 saturated heterocycles. The van der Waals surface area contributed by atoms with E-state index < -0.39 is 0 Å². The van der Waals surface area contributed by atoms with Crippen LogP contribution in [0.15, 0.2) is 11.6 Å². The van der Waals surface area contributed by atoms with Crippen LogP contribution >= 0.6 is 0 Å². The van der Waals surface area contributed by atoms with E-state index in [0.717, 1.165) is 55.9 Å². The van der Waals surface area contributed by atoms with E-state index in [2.05, 4.69) is 16.2 Å². The molecule has 2 aliphatic rings. The number of carbonyl (C=O) groups is 1. The number of hydrogen-bond donors (Lipinski definition) is 2. The zero-order chi connectivity index (χ0) is 13.2. The van der Waals surface area contributed by atoms with E-state index in [1.807, 2.05) is 17.0 Å². The molecule has 0 atom stereocenters. The molecule has 3 rings (SSSR count). The van der Waals surface area contributed by atoms with Gasteiger partial charge in [0.05, 0.1) is 0 Å². The lowest BCUT2D eigenvalue weighted by Gasteiger charge is -2.26. The van der Waals surface area contributed by atoms with Crippen molar-refractivity contribution in [3.8, 4) is 12.3 Å². The Bertz CT molecular complexity index is 571. The summed E-state index contributed by atoms with van der Waals surface area (Å²) in [7, 11) is 0. The third-order valence-corrected chi connectivity index (χ3v) is 3.73. The van der Waals surface area contributed by atoms with Crippen molar-refractivity contribution in [1.82, 2.24) is 15.2 Å². The largest absolute Gasteiger partial charge is 0.354 e. The number of amides is 1. The van der Waals surface area contributed by atoms with Gasteiger partial charge in [-0.05, 0) is 30.5 Å². The molecule has 1 amide bonds. The van der Waals surface area contributed by atoms with Gasteiger partial charge in [0.2, 0.25) is 0 Å². The maximum Gasteiger partial charge on any atom is 0.270 e. The van der Waals surface area contributed by atoms with Gasteiger partial charge in [-0.1, -0.05) is 5.92 Å². The average molecular weight is 255 g/mol. The second-order valence-electron chi connectivity index (χ2n) is 4.97. The van der Waals surface area contributed by atoms with Crippen LogP contribution in [-0.4, -0.2) is 42.0 Å². The molecule has 0 saturated carbocycles. The molecule has 0 spiro atoms. The summed E-state index contributed by atoms with van der Waals surface area (Å²) in [5.74, 6) is 2.78. The molecule has 0 radical (unpaired) electrons. The molecule has 1 aromatic heterocycles. The van der Waals surface area contributed by atoms with E-state index in [9.17, 15) is 4.79 Å². The summed E-state index contributed by atoms with van der Waals surface area (Å²) in [6, 6.07) is 1.93. The fraction of sp³-hybridized carbons (Fsp3) is 0.400. The van der Waals surface area contributed by atoms with Crippen molar-refractivity contribution in [3.63, 3.8) is 0 Å². The highest BCUT2D eigenvalue weighted by molar-refractivity contribution is 5.93. The molecular weight excluding hydrogens is 238 g/mol. The van der Waals surface area contributed by atoms with Gasteiger partial charge in [0.15, 0.2) is 0 Å². The molecule has 0 unspecified atom stereocenters. The highest BCUT2D eigenvalue weighted by atomic mass is 16.2. The molecule has 4 nitrogen and oxygen atoms in total. The van der Waals surface area contributed by atoms with Gasteiger partial charge in [-0.2, -0.15) is 0 Å². The monoisotopic (exact) mass is 255 g/mol. The number of terminal acetylenes is 1. The maximum atomic E-state index is 12.4. The van der Waals surface area contributed by atoms with E-state index in [-0.39, 0.29) is 5.91 Å². The highest BCUT2D eigenvalue weighted by Crippen LogP contribution is 2.24. The van der Waals surface area contributed by atoms with Gasteiger partial charge in [-0.3, -0.25) is 4.79 Å². The van der Waals surface area contributed by atoms with Crippen molar-refractivity contribution in [1.29, 1.82) is 0 Å². The average Bonchev–Trinajstić information content (AvgIpc) is 2.90. The zero-order valence-electron chi connectivity index (χ0n) is 10.8. The molecular formula is C15H17N3O. The van der Waals surface area contributed by atoms with Crippen molar-refractivity contribution in [3.05, 3.63) is 28.6 Å². The summed E-state index contributed by atoms with van der Waals surface area (Å²) >= 11 is 0. The first-order valence-electron chi connectivity index (χ1n) is 6.67. The van der Waals surface area contributed by atoms with Crippen LogP contribution in [0.2, 0.25) is 0 Å². The van der Waals surface area contributed by atoms with Crippen molar-refractivity contribution in [2.24, 2.45) is 0 Å². The van der Waals surface area contributed by atoms with Crippen molar-refractivity contribution >= 4 is 12.0 Å². The molecule has 2 N–H and O–H groups in total. The molecule has 0 aromatic carbocycles. The lowest BCUT2D eigenvalue weighted by Crippen LogP contribution is -2.46. The normalized spacial score (nSPS) is 18.5. The van der Waals surface area contributed by atoms with Gasteiger partial charge in [-0.25, -0.2) is 0 Å². The number of nitrogens with zero attached hydrogens (tertiary/aromatic N) is 1. The standard InChI is InChI=1S/C15H17N3O/c1-2-11-3-4-13-12(9-11)10-14(17-13)15(19)18-7-5-16-6-8-18/h1,9-10,16-17H,3-8H2. The quantitative estimate of drug-likeness (QED) is 0.736. The molecule has 1 fully saturated rings. The third kappa shape index (κ3) is 2.29. The number of hydrogen-bond acceptors (Lipinski definition) is 2. The van der Waals surface area contributed by atoms with Crippen LogP contribution in [0.5, 0.6) is 0 Å². The van der Waals surface area contributed by atoms with E-state index in [0.29, 0.717) is 5.69 Å². The van der Waals surface area contributed by atoms with Crippen LogP contribution in [0.1, 0.15) is 28.2 Å². The van der Waals surface area contributed by atoms with E-state index >= 15 is 0 Å². The Morgan fingerprint density at radius 2 is 2.11 bits per heavy atom. The Labute approximate surface area is 112 Å². The first kappa shape index (κ1) is 12.1. The summed E-state index contributed by atoms with van der Waals surface area (Å²) < 4.78 is 0. The van der Waals surface area contributed by atoms with E-state index in [1.165, 1.54) is 0 Å². The number of aryl methyl sites for hydroxylation is 1. The Hall–Kier alpha value is -1.99. The molecule has 0 bridgehead atoms. The van der Waals surface area contributed by atoms with Gasteiger partial charge in [0.1, 0.15) is 5.69 Å². The maximum absolute atomic E-state index is 12.4. The number of aromatic amines is 1. The number of piperazine rings is 1. The minimum absolute atomic E-state index is 0.0894. The molecule has 98 valence electrons.